The van der Waals surface area contributed by atoms with Crippen molar-refractivity contribution in [1.29, 1.82) is 0 Å². The molecule has 0 atom stereocenters. The summed E-state index contributed by atoms with van der Waals surface area (Å²) in [5, 5.41) is 0.102. The van der Waals surface area contributed by atoms with Gasteiger partial charge in [0.2, 0.25) is 0 Å². The summed E-state index contributed by atoms with van der Waals surface area (Å²) >= 11 is 5.87. The zero-order chi connectivity index (χ0) is 14.7. The Bertz CT molecular complexity index is 717. The zero-order valence-corrected chi connectivity index (χ0v) is 12.0. The largest absolute Gasteiger partial charge is 0.494 e. The van der Waals surface area contributed by atoms with Crippen molar-refractivity contribution in [2.24, 2.45) is 0 Å². The Kier molecular flexibility index (Phi) is 4.29. The summed E-state index contributed by atoms with van der Waals surface area (Å²) in [6, 6.07) is 6.75. The van der Waals surface area contributed by atoms with Gasteiger partial charge in [0.05, 0.1) is 17.9 Å². The molecule has 0 bridgehead atoms. The standard InChI is InChI=1S/C14H15ClN2O3/c1-3-11-12(15)16-14(19)17(13(11)18)9-5-7-10(8-6-9)20-4-2/h5-8H,3-4H2,1-2H3,(H,16,19). The number of halogens is 1. The van der Waals surface area contributed by atoms with E-state index in [1.807, 2.05) is 13.8 Å². The monoisotopic (exact) mass is 294 g/mol. The summed E-state index contributed by atoms with van der Waals surface area (Å²) < 4.78 is 6.40. The molecule has 0 unspecified atom stereocenters. The Morgan fingerprint density at radius 3 is 2.40 bits per heavy atom. The highest BCUT2D eigenvalue weighted by molar-refractivity contribution is 6.30. The van der Waals surface area contributed by atoms with E-state index in [0.717, 1.165) is 4.57 Å². The average Bonchev–Trinajstić information content (AvgIpc) is 2.41. The number of rotatable bonds is 4. The first kappa shape index (κ1) is 14.4. The second kappa shape index (κ2) is 5.96. The number of ether oxygens (including phenoxy) is 1. The number of hydrogen-bond donors (Lipinski definition) is 1. The van der Waals surface area contributed by atoms with Gasteiger partial charge < -0.3 is 4.74 Å². The van der Waals surface area contributed by atoms with Gasteiger partial charge in [0.1, 0.15) is 10.9 Å². The van der Waals surface area contributed by atoms with Crippen LogP contribution in [0.3, 0.4) is 0 Å². The third-order valence-electron chi connectivity index (χ3n) is 2.91. The van der Waals surface area contributed by atoms with Crippen LogP contribution in [0.15, 0.2) is 33.9 Å². The second-order valence-corrected chi connectivity index (χ2v) is 4.52. The Balaban J connectivity index is 2.58. The fraction of sp³-hybridized carbons (Fsp3) is 0.286. The predicted molar refractivity (Wildman–Crippen MR) is 78.2 cm³/mol. The highest BCUT2D eigenvalue weighted by Gasteiger charge is 2.12. The van der Waals surface area contributed by atoms with Crippen molar-refractivity contribution in [3.63, 3.8) is 0 Å². The maximum Gasteiger partial charge on any atom is 0.334 e. The lowest BCUT2D eigenvalue weighted by atomic mass is 10.2. The normalized spacial score (nSPS) is 10.6. The van der Waals surface area contributed by atoms with Crippen LogP contribution in [0.4, 0.5) is 0 Å². The lowest BCUT2D eigenvalue weighted by Crippen LogP contribution is -2.35. The van der Waals surface area contributed by atoms with Crippen LogP contribution >= 0.6 is 11.6 Å². The van der Waals surface area contributed by atoms with Gasteiger partial charge >= 0.3 is 5.69 Å². The van der Waals surface area contributed by atoms with Gasteiger partial charge in [-0.25, -0.2) is 9.36 Å². The zero-order valence-electron chi connectivity index (χ0n) is 11.3. The van der Waals surface area contributed by atoms with E-state index in [2.05, 4.69) is 4.98 Å². The van der Waals surface area contributed by atoms with Gasteiger partial charge in [0, 0.05) is 0 Å². The SMILES string of the molecule is CCOc1ccc(-n2c(=O)[nH]c(Cl)c(CC)c2=O)cc1. The van der Waals surface area contributed by atoms with Crippen molar-refractivity contribution >= 4 is 11.6 Å². The minimum atomic E-state index is -0.554. The molecule has 1 aromatic carbocycles. The minimum absolute atomic E-state index is 0.102. The van der Waals surface area contributed by atoms with Crippen LogP contribution in [0.5, 0.6) is 5.75 Å². The van der Waals surface area contributed by atoms with E-state index >= 15 is 0 Å². The average molecular weight is 295 g/mol. The quantitative estimate of drug-likeness (QED) is 0.879. The number of nitrogens with zero attached hydrogens (tertiary/aromatic N) is 1. The van der Waals surface area contributed by atoms with E-state index in [0.29, 0.717) is 30.0 Å². The number of hydrogen-bond acceptors (Lipinski definition) is 3. The number of nitrogens with one attached hydrogen (secondary N) is 1. The van der Waals surface area contributed by atoms with Crippen LogP contribution in [-0.2, 0) is 6.42 Å². The Morgan fingerprint density at radius 2 is 1.85 bits per heavy atom. The third-order valence-corrected chi connectivity index (χ3v) is 3.23. The second-order valence-electron chi connectivity index (χ2n) is 4.14. The van der Waals surface area contributed by atoms with Gasteiger partial charge in [-0.2, -0.15) is 0 Å². The van der Waals surface area contributed by atoms with Crippen LogP contribution in [0, 0.1) is 0 Å². The molecule has 0 aliphatic carbocycles. The molecule has 2 aromatic rings. The summed E-state index contributed by atoms with van der Waals surface area (Å²) in [6.45, 7) is 4.25. The van der Waals surface area contributed by atoms with Gasteiger partial charge in [0.25, 0.3) is 5.56 Å². The van der Waals surface area contributed by atoms with Crippen molar-refractivity contribution in [3.8, 4) is 11.4 Å². The summed E-state index contributed by atoms with van der Waals surface area (Å²) in [5.74, 6) is 0.686. The maximum atomic E-state index is 12.3. The molecule has 5 nitrogen and oxygen atoms in total. The predicted octanol–water partition coefficient (Wildman–Crippen LogP) is 2.14. The molecule has 0 radical (unpaired) electrons. The molecule has 20 heavy (non-hydrogen) atoms. The van der Waals surface area contributed by atoms with Gasteiger partial charge in [0.15, 0.2) is 0 Å². The number of benzene rings is 1. The Morgan fingerprint density at radius 1 is 1.20 bits per heavy atom. The molecular formula is C14H15ClN2O3. The number of H-pyrrole nitrogens is 1. The van der Waals surface area contributed by atoms with Crippen molar-refractivity contribution in [1.82, 2.24) is 9.55 Å². The van der Waals surface area contributed by atoms with Crippen LogP contribution < -0.4 is 16.0 Å². The Labute approximate surface area is 120 Å². The van der Waals surface area contributed by atoms with Crippen molar-refractivity contribution in [2.45, 2.75) is 20.3 Å². The van der Waals surface area contributed by atoms with E-state index in [1.165, 1.54) is 0 Å². The molecule has 106 valence electrons. The lowest BCUT2D eigenvalue weighted by Gasteiger charge is -2.09. The van der Waals surface area contributed by atoms with Gasteiger partial charge in [-0.3, -0.25) is 9.78 Å². The summed E-state index contributed by atoms with van der Waals surface area (Å²) in [7, 11) is 0. The topological polar surface area (TPSA) is 64.1 Å². The molecule has 6 heteroatoms. The summed E-state index contributed by atoms with van der Waals surface area (Å²) in [6.07, 6.45) is 0.450. The highest BCUT2D eigenvalue weighted by Crippen LogP contribution is 2.14. The number of aromatic nitrogens is 2. The molecule has 1 aromatic heterocycles. The van der Waals surface area contributed by atoms with Crippen LogP contribution in [0.2, 0.25) is 5.15 Å². The molecule has 0 fully saturated rings. The Hall–Kier alpha value is -2.01. The lowest BCUT2D eigenvalue weighted by molar-refractivity contribution is 0.340. The molecule has 0 saturated heterocycles. The fourth-order valence-corrected chi connectivity index (χ4v) is 2.24. The maximum absolute atomic E-state index is 12.3. The molecule has 1 heterocycles. The molecule has 0 spiro atoms. The molecule has 0 saturated carbocycles. The van der Waals surface area contributed by atoms with Crippen molar-refractivity contribution < 1.29 is 4.74 Å². The van der Waals surface area contributed by atoms with E-state index < -0.39 is 11.2 Å². The van der Waals surface area contributed by atoms with E-state index in [9.17, 15) is 9.59 Å². The smallest absolute Gasteiger partial charge is 0.334 e. The molecule has 1 N–H and O–H groups in total. The van der Waals surface area contributed by atoms with Crippen LogP contribution in [-0.4, -0.2) is 16.2 Å². The third kappa shape index (κ3) is 2.63. The first-order chi connectivity index (χ1) is 9.58. The van der Waals surface area contributed by atoms with E-state index in [4.69, 9.17) is 16.3 Å². The highest BCUT2D eigenvalue weighted by atomic mass is 35.5. The van der Waals surface area contributed by atoms with E-state index in [-0.39, 0.29) is 5.15 Å². The summed E-state index contributed by atoms with van der Waals surface area (Å²) in [4.78, 5) is 26.7. The van der Waals surface area contributed by atoms with Crippen molar-refractivity contribution in [3.05, 3.63) is 55.8 Å². The molecular weight excluding hydrogens is 280 g/mol. The molecule has 0 aliphatic heterocycles. The van der Waals surface area contributed by atoms with Crippen LogP contribution in [0.25, 0.3) is 5.69 Å². The first-order valence-corrected chi connectivity index (χ1v) is 6.73. The van der Waals surface area contributed by atoms with Gasteiger partial charge in [-0.15, -0.1) is 0 Å². The summed E-state index contributed by atoms with van der Waals surface area (Å²) in [5.41, 5.74) is -0.0852. The minimum Gasteiger partial charge on any atom is -0.494 e. The van der Waals surface area contributed by atoms with E-state index in [1.54, 1.807) is 24.3 Å². The fourth-order valence-electron chi connectivity index (χ4n) is 1.95. The van der Waals surface area contributed by atoms with Crippen LogP contribution in [0.1, 0.15) is 19.4 Å². The molecule has 0 aliphatic rings. The van der Waals surface area contributed by atoms with Gasteiger partial charge in [-0.05, 0) is 37.6 Å². The number of aromatic amines is 1. The first-order valence-electron chi connectivity index (χ1n) is 6.35. The molecule has 2 rings (SSSR count). The van der Waals surface area contributed by atoms with Gasteiger partial charge in [-0.1, -0.05) is 18.5 Å². The van der Waals surface area contributed by atoms with Crippen molar-refractivity contribution in [2.75, 3.05) is 6.61 Å². The molecule has 0 amide bonds.